The molecule has 1 atom stereocenters. The van der Waals surface area contributed by atoms with Crippen LogP contribution >= 0.6 is 0 Å². The highest BCUT2D eigenvalue weighted by atomic mass is 16.5. The molecule has 0 aliphatic carbocycles. The molecule has 0 radical (unpaired) electrons. The fourth-order valence-corrected chi connectivity index (χ4v) is 3.38. The Morgan fingerprint density at radius 1 is 1.31 bits per heavy atom. The van der Waals surface area contributed by atoms with E-state index in [0.717, 1.165) is 17.8 Å². The highest BCUT2D eigenvalue weighted by Gasteiger charge is 2.28. The van der Waals surface area contributed by atoms with E-state index in [1.54, 1.807) is 7.11 Å². The Kier molecular flexibility index (Phi) is 4.34. The largest absolute Gasteiger partial charge is 0.497 e. The molecule has 0 bridgehead atoms. The van der Waals surface area contributed by atoms with Crippen LogP contribution in [-0.4, -0.2) is 36.0 Å². The first-order chi connectivity index (χ1) is 12.6. The van der Waals surface area contributed by atoms with E-state index >= 15 is 0 Å². The predicted octanol–water partition coefficient (Wildman–Crippen LogP) is 2.51. The van der Waals surface area contributed by atoms with Gasteiger partial charge in [-0.05, 0) is 36.7 Å². The summed E-state index contributed by atoms with van der Waals surface area (Å²) in [6.45, 7) is 1.04. The van der Waals surface area contributed by atoms with Gasteiger partial charge in [0.25, 0.3) is 0 Å². The van der Waals surface area contributed by atoms with Gasteiger partial charge in [-0.25, -0.2) is 4.98 Å². The van der Waals surface area contributed by atoms with Crippen LogP contribution in [0.2, 0.25) is 0 Å². The minimum atomic E-state index is -0.186. The number of hydrogen-bond acceptors (Lipinski definition) is 5. The molecule has 0 spiro atoms. The van der Waals surface area contributed by atoms with E-state index in [1.807, 2.05) is 37.4 Å². The van der Waals surface area contributed by atoms with E-state index in [4.69, 9.17) is 9.15 Å². The molecule has 1 aromatic heterocycles. The number of nitrogens with zero attached hydrogens (tertiary/aromatic N) is 2. The molecule has 134 valence electrons. The molecule has 26 heavy (non-hydrogen) atoms. The Hall–Kier alpha value is -2.86. The first-order valence-electron chi connectivity index (χ1n) is 8.62. The second-order valence-electron chi connectivity index (χ2n) is 6.56. The average Bonchev–Trinajstić information content (AvgIpc) is 3.07. The lowest BCUT2D eigenvalue weighted by Gasteiger charge is -2.32. The number of oxazole rings is 1. The summed E-state index contributed by atoms with van der Waals surface area (Å²) < 4.78 is 10.9. The van der Waals surface area contributed by atoms with Crippen LogP contribution in [-0.2, 0) is 24.3 Å². The van der Waals surface area contributed by atoms with Crippen molar-refractivity contribution in [1.29, 1.82) is 0 Å². The molecule has 0 saturated heterocycles. The van der Waals surface area contributed by atoms with Gasteiger partial charge in [0.2, 0.25) is 11.8 Å². The highest BCUT2D eigenvalue weighted by Crippen LogP contribution is 2.23. The van der Waals surface area contributed by atoms with Crippen molar-refractivity contribution in [3.05, 3.63) is 59.5 Å². The van der Waals surface area contributed by atoms with Gasteiger partial charge in [-0.3, -0.25) is 9.69 Å². The van der Waals surface area contributed by atoms with Crippen molar-refractivity contribution in [3.63, 3.8) is 0 Å². The summed E-state index contributed by atoms with van der Waals surface area (Å²) in [4.78, 5) is 19.2. The van der Waals surface area contributed by atoms with Crippen LogP contribution in [0.25, 0.3) is 11.1 Å². The molecule has 6 nitrogen and oxygen atoms in total. The number of hydrogen-bond donors (Lipinski definition) is 1. The number of carbonyl (C=O) groups excluding carboxylic acids is 1. The average molecular weight is 351 g/mol. The standard InChI is InChI=1S/C20H21N3O3/c1-23-12-14-6-4-3-5-13(14)9-17(23)20(24)21-11-19-22-16-10-15(25-2)7-8-18(16)26-19/h3-8,10,17H,9,11-12H2,1-2H3,(H,21,24). The van der Waals surface area contributed by atoms with Crippen LogP contribution < -0.4 is 10.1 Å². The second kappa shape index (κ2) is 6.80. The van der Waals surface area contributed by atoms with Crippen LogP contribution in [0, 0.1) is 0 Å². The summed E-state index contributed by atoms with van der Waals surface area (Å²) in [7, 11) is 3.59. The number of amides is 1. The van der Waals surface area contributed by atoms with Crippen molar-refractivity contribution < 1.29 is 13.9 Å². The van der Waals surface area contributed by atoms with Crippen molar-refractivity contribution >= 4 is 17.0 Å². The maximum atomic E-state index is 12.7. The van der Waals surface area contributed by atoms with Gasteiger partial charge in [-0.1, -0.05) is 24.3 Å². The SMILES string of the molecule is COc1ccc2oc(CNC(=O)C3Cc4ccccc4CN3C)nc2c1. The van der Waals surface area contributed by atoms with Gasteiger partial charge < -0.3 is 14.5 Å². The lowest BCUT2D eigenvalue weighted by Crippen LogP contribution is -2.48. The zero-order valence-electron chi connectivity index (χ0n) is 14.9. The molecular weight excluding hydrogens is 330 g/mol. The number of carbonyl (C=O) groups is 1. The Morgan fingerprint density at radius 3 is 2.92 bits per heavy atom. The molecule has 2 aromatic carbocycles. The van der Waals surface area contributed by atoms with Crippen LogP contribution in [0.1, 0.15) is 17.0 Å². The number of ether oxygens (including phenoxy) is 1. The zero-order valence-corrected chi connectivity index (χ0v) is 14.9. The first kappa shape index (κ1) is 16.6. The number of fused-ring (bicyclic) bond motifs is 2. The molecule has 0 fully saturated rings. The van der Waals surface area contributed by atoms with Gasteiger partial charge in [-0.15, -0.1) is 0 Å². The van der Waals surface area contributed by atoms with Gasteiger partial charge >= 0.3 is 0 Å². The number of methoxy groups -OCH3 is 1. The molecular formula is C20H21N3O3. The van der Waals surface area contributed by atoms with E-state index in [1.165, 1.54) is 11.1 Å². The molecule has 1 N–H and O–H groups in total. The highest BCUT2D eigenvalue weighted by molar-refractivity contribution is 5.82. The molecule has 1 aliphatic rings. The minimum Gasteiger partial charge on any atom is -0.497 e. The Labute approximate surface area is 151 Å². The van der Waals surface area contributed by atoms with E-state index in [2.05, 4.69) is 27.3 Å². The van der Waals surface area contributed by atoms with Crippen LogP contribution in [0.5, 0.6) is 5.75 Å². The maximum Gasteiger partial charge on any atom is 0.238 e. The van der Waals surface area contributed by atoms with Gasteiger partial charge in [-0.2, -0.15) is 0 Å². The second-order valence-corrected chi connectivity index (χ2v) is 6.56. The number of rotatable bonds is 4. The van der Waals surface area contributed by atoms with Gasteiger partial charge in [0.15, 0.2) is 5.58 Å². The smallest absolute Gasteiger partial charge is 0.238 e. The van der Waals surface area contributed by atoms with E-state index < -0.39 is 0 Å². The summed E-state index contributed by atoms with van der Waals surface area (Å²) in [6.07, 6.45) is 0.712. The van der Waals surface area contributed by atoms with Crippen LogP contribution in [0.15, 0.2) is 46.9 Å². The fraction of sp³-hybridized carbons (Fsp3) is 0.300. The third kappa shape index (κ3) is 3.15. The minimum absolute atomic E-state index is 0.0122. The van der Waals surface area contributed by atoms with Gasteiger partial charge in [0.05, 0.1) is 19.7 Å². The Morgan fingerprint density at radius 2 is 2.12 bits per heavy atom. The van der Waals surface area contributed by atoms with Crippen molar-refractivity contribution in [2.45, 2.75) is 25.6 Å². The monoisotopic (exact) mass is 351 g/mol. The Balaban J connectivity index is 1.44. The first-order valence-corrected chi connectivity index (χ1v) is 8.62. The molecule has 3 aromatic rings. The Bertz CT molecular complexity index is 950. The third-order valence-corrected chi connectivity index (χ3v) is 4.84. The summed E-state index contributed by atoms with van der Waals surface area (Å²) >= 11 is 0. The van der Waals surface area contributed by atoms with Crippen LogP contribution in [0.4, 0.5) is 0 Å². The summed E-state index contributed by atoms with van der Waals surface area (Å²) in [5, 5.41) is 2.95. The maximum absolute atomic E-state index is 12.7. The number of nitrogens with one attached hydrogen (secondary N) is 1. The van der Waals surface area contributed by atoms with E-state index in [9.17, 15) is 4.79 Å². The topological polar surface area (TPSA) is 67.6 Å². The van der Waals surface area contributed by atoms with Crippen molar-refractivity contribution in [2.24, 2.45) is 0 Å². The van der Waals surface area contributed by atoms with Gasteiger partial charge in [0.1, 0.15) is 11.3 Å². The predicted molar refractivity (Wildman–Crippen MR) is 97.8 cm³/mol. The fourth-order valence-electron chi connectivity index (χ4n) is 3.38. The number of aromatic nitrogens is 1. The van der Waals surface area contributed by atoms with Crippen LogP contribution in [0.3, 0.4) is 0 Å². The molecule has 1 aliphatic heterocycles. The molecule has 1 unspecified atom stereocenters. The third-order valence-electron chi connectivity index (χ3n) is 4.84. The van der Waals surface area contributed by atoms with Crippen molar-refractivity contribution in [3.8, 4) is 5.75 Å². The lowest BCUT2D eigenvalue weighted by molar-refractivity contribution is -0.126. The molecule has 6 heteroatoms. The lowest BCUT2D eigenvalue weighted by atomic mass is 9.94. The molecule has 4 rings (SSSR count). The van der Waals surface area contributed by atoms with Gasteiger partial charge in [0, 0.05) is 12.6 Å². The number of likely N-dealkylation sites (N-methyl/N-ethyl adjacent to an activating group) is 1. The zero-order chi connectivity index (χ0) is 18.1. The quantitative estimate of drug-likeness (QED) is 0.782. The van der Waals surface area contributed by atoms with Crippen molar-refractivity contribution in [1.82, 2.24) is 15.2 Å². The molecule has 0 saturated carbocycles. The summed E-state index contributed by atoms with van der Waals surface area (Å²) in [6, 6.07) is 13.5. The van der Waals surface area contributed by atoms with E-state index in [-0.39, 0.29) is 18.5 Å². The normalized spacial score (nSPS) is 17.1. The number of benzene rings is 2. The summed E-state index contributed by atoms with van der Waals surface area (Å²) in [5.41, 5.74) is 3.92. The summed E-state index contributed by atoms with van der Waals surface area (Å²) in [5.74, 6) is 1.20. The van der Waals surface area contributed by atoms with Crippen molar-refractivity contribution in [2.75, 3.05) is 14.2 Å². The van der Waals surface area contributed by atoms with E-state index in [0.29, 0.717) is 17.9 Å². The molecule has 2 heterocycles. The molecule has 1 amide bonds.